The van der Waals surface area contributed by atoms with E-state index in [0.717, 1.165) is 35.0 Å². The normalized spacial score (nSPS) is 11.5. The zero-order valence-electron chi connectivity index (χ0n) is 14.8. The van der Waals surface area contributed by atoms with E-state index in [9.17, 15) is 0 Å². The highest BCUT2D eigenvalue weighted by Gasteiger charge is 2.09. The third-order valence-electron chi connectivity index (χ3n) is 4.34. The monoisotopic (exact) mass is 341 g/mol. The summed E-state index contributed by atoms with van der Waals surface area (Å²) in [4.78, 5) is 8.60. The first-order valence-electron chi connectivity index (χ1n) is 8.55. The number of nitrogens with zero attached hydrogens (tertiary/aromatic N) is 5. The lowest BCUT2D eigenvalue weighted by Crippen LogP contribution is -1.89. The average molecular weight is 341 g/mol. The predicted molar refractivity (Wildman–Crippen MR) is 102 cm³/mol. The molecule has 0 aliphatic heterocycles. The number of aromatic nitrogens is 3. The zero-order valence-corrected chi connectivity index (χ0v) is 14.8. The van der Waals surface area contributed by atoms with Gasteiger partial charge < -0.3 is 0 Å². The van der Waals surface area contributed by atoms with Gasteiger partial charge >= 0.3 is 0 Å². The van der Waals surface area contributed by atoms with Crippen LogP contribution in [0.5, 0.6) is 0 Å². The molecule has 0 N–H and O–H groups in total. The number of fused-ring (bicyclic) bond motifs is 1. The molecular formula is C21H19N5. The van der Waals surface area contributed by atoms with E-state index in [1.807, 2.05) is 73.1 Å². The standard InChI is InChI=1S/C21H19N5/c1-15-4-3-5-20-23-16(2)21(26(15)20)25-24-19-8-6-17(7-9-19)14-18-10-12-22-13-11-18/h3-13H,14H2,1-2H3. The molecule has 0 spiro atoms. The van der Waals surface area contributed by atoms with Crippen molar-refractivity contribution < 1.29 is 0 Å². The van der Waals surface area contributed by atoms with Crippen LogP contribution in [0.25, 0.3) is 5.65 Å². The molecule has 128 valence electrons. The molecule has 3 heterocycles. The summed E-state index contributed by atoms with van der Waals surface area (Å²) in [5.41, 5.74) is 6.15. The Bertz CT molecular complexity index is 1060. The molecule has 0 saturated heterocycles. The van der Waals surface area contributed by atoms with Gasteiger partial charge in [-0.15, -0.1) is 10.2 Å². The molecule has 0 aliphatic rings. The molecule has 5 nitrogen and oxygen atoms in total. The first-order chi connectivity index (χ1) is 12.7. The van der Waals surface area contributed by atoms with E-state index in [4.69, 9.17) is 0 Å². The Morgan fingerprint density at radius 1 is 0.846 bits per heavy atom. The van der Waals surface area contributed by atoms with Crippen LogP contribution in [-0.2, 0) is 6.42 Å². The first-order valence-corrected chi connectivity index (χ1v) is 8.55. The molecule has 26 heavy (non-hydrogen) atoms. The topological polar surface area (TPSA) is 54.9 Å². The van der Waals surface area contributed by atoms with Crippen LogP contribution >= 0.6 is 0 Å². The zero-order chi connectivity index (χ0) is 17.9. The van der Waals surface area contributed by atoms with Crippen LogP contribution in [0.15, 0.2) is 77.2 Å². The fourth-order valence-corrected chi connectivity index (χ4v) is 2.99. The average Bonchev–Trinajstić information content (AvgIpc) is 2.98. The maximum absolute atomic E-state index is 4.55. The molecule has 0 amide bonds. The van der Waals surface area contributed by atoms with E-state index >= 15 is 0 Å². The molecule has 5 heteroatoms. The summed E-state index contributed by atoms with van der Waals surface area (Å²) in [5, 5.41) is 8.86. The number of aryl methyl sites for hydroxylation is 2. The van der Waals surface area contributed by atoms with Gasteiger partial charge in [-0.3, -0.25) is 9.38 Å². The van der Waals surface area contributed by atoms with E-state index in [-0.39, 0.29) is 0 Å². The molecule has 0 bridgehead atoms. The van der Waals surface area contributed by atoms with Crippen LogP contribution in [0, 0.1) is 13.8 Å². The Kier molecular flexibility index (Phi) is 4.27. The number of hydrogen-bond donors (Lipinski definition) is 0. The second-order valence-electron chi connectivity index (χ2n) is 6.28. The summed E-state index contributed by atoms with van der Waals surface area (Å²) >= 11 is 0. The smallest absolute Gasteiger partial charge is 0.182 e. The number of hydrogen-bond acceptors (Lipinski definition) is 4. The quantitative estimate of drug-likeness (QED) is 0.470. The van der Waals surface area contributed by atoms with Gasteiger partial charge in [0.15, 0.2) is 5.82 Å². The molecule has 0 fully saturated rings. The third kappa shape index (κ3) is 3.24. The molecule has 4 aromatic rings. The molecular weight excluding hydrogens is 322 g/mol. The maximum atomic E-state index is 4.55. The van der Waals surface area contributed by atoms with Crippen molar-refractivity contribution in [2.24, 2.45) is 10.2 Å². The predicted octanol–water partition coefficient (Wildman–Crippen LogP) is 5.35. The highest BCUT2D eigenvalue weighted by Crippen LogP contribution is 2.25. The molecule has 0 saturated carbocycles. The second kappa shape index (κ2) is 6.88. The molecule has 3 aromatic heterocycles. The Balaban J connectivity index is 1.57. The van der Waals surface area contributed by atoms with Gasteiger partial charge in [-0.05, 0) is 67.8 Å². The number of rotatable bonds is 4. The molecule has 0 atom stereocenters. The second-order valence-corrected chi connectivity index (χ2v) is 6.28. The number of imidazole rings is 1. The van der Waals surface area contributed by atoms with Gasteiger partial charge in [0, 0.05) is 18.1 Å². The van der Waals surface area contributed by atoms with Gasteiger partial charge in [0.2, 0.25) is 0 Å². The van der Waals surface area contributed by atoms with E-state index in [2.05, 4.69) is 32.3 Å². The van der Waals surface area contributed by atoms with Crippen LogP contribution in [0.3, 0.4) is 0 Å². The molecule has 0 unspecified atom stereocenters. The molecule has 4 rings (SSSR count). The van der Waals surface area contributed by atoms with Crippen LogP contribution in [-0.4, -0.2) is 14.4 Å². The van der Waals surface area contributed by atoms with Crippen molar-refractivity contribution in [3.63, 3.8) is 0 Å². The summed E-state index contributed by atoms with van der Waals surface area (Å²) in [5.74, 6) is 0.777. The van der Waals surface area contributed by atoms with E-state index in [1.165, 1.54) is 11.1 Å². The van der Waals surface area contributed by atoms with Crippen LogP contribution in [0.1, 0.15) is 22.5 Å². The first kappa shape index (κ1) is 16.1. The number of benzene rings is 1. The third-order valence-corrected chi connectivity index (χ3v) is 4.34. The Hall–Kier alpha value is -3.34. The maximum Gasteiger partial charge on any atom is 0.182 e. The lowest BCUT2D eigenvalue weighted by Gasteiger charge is -2.02. The van der Waals surface area contributed by atoms with E-state index in [1.54, 1.807) is 0 Å². The fraction of sp³-hybridized carbons (Fsp3) is 0.143. The minimum absolute atomic E-state index is 0.777. The lowest BCUT2D eigenvalue weighted by molar-refractivity contribution is 1.04. The van der Waals surface area contributed by atoms with Crippen molar-refractivity contribution in [2.75, 3.05) is 0 Å². The Labute approximate surface area is 152 Å². The SMILES string of the molecule is Cc1nc2cccc(C)n2c1N=Nc1ccc(Cc2ccncc2)cc1. The van der Waals surface area contributed by atoms with E-state index < -0.39 is 0 Å². The van der Waals surface area contributed by atoms with Gasteiger partial charge in [0.25, 0.3) is 0 Å². The van der Waals surface area contributed by atoms with Crippen molar-refractivity contribution in [3.8, 4) is 0 Å². The Morgan fingerprint density at radius 2 is 1.58 bits per heavy atom. The van der Waals surface area contributed by atoms with E-state index in [0.29, 0.717) is 0 Å². The molecule has 0 radical (unpaired) electrons. The highest BCUT2D eigenvalue weighted by atomic mass is 15.2. The number of pyridine rings is 2. The molecule has 0 aliphatic carbocycles. The highest BCUT2D eigenvalue weighted by molar-refractivity contribution is 5.53. The summed E-state index contributed by atoms with van der Waals surface area (Å²) in [6.07, 6.45) is 4.52. The largest absolute Gasteiger partial charge is 0.280 e. The number of azo groups is 1. The van der Waals surface area contributed by atoms with Gasteiger partial charge in [-0.25, -0.2) is 4.98 Å². The lowest BCUT2D eigenvalue weighted by atomic mass is 10.1. The van der Waals surface area contributed by atoms with Gasteiger partial charge in [-0.2, -0.15) is 0 Å². The van der Waals surface area contributed by atoms with Crippen molar-refractivity contribution >= 4 is 17.2 Å². The van der Waals surface area contributed by atoms with Crippen molar-refractivity contribution in [3.05, 3.63) is 89.5 Å². The van der Waals surface area contributed by atoms with Gasteiger partial charge in [0.1, 0.15) is 5.65 Å². The summed E-state index contributed by atoms with van der Waals surface area (Å²) in [6.45, 7) is 4.00. The van der Waals surface area contributed by atoms with Crippen LogP contribution in [0.2, 0.25) is 0 Å². The van der Waals surface area contributed by atoms with Gasteiger partial charge in [0.05, 0.1) is 11.4 Å². The van der Waals surface area contributed by atoms with Crippen LogP contribution in [0.4, 0.5) is 11.5 Å². The van der Waals surface area contributed by atoms with Crippen LogP contribution < -0.4 is 0 Å². The Morgan fingerprint density at radius 3 is 2.35 bits per heavy atom. The summed E-state index contributed by atoms with van der Waals surface area (Å²) in [6, 6.07) is 18.2. The molecule has 1 aromatic carbocycles. The van der Waals surface area contributed by atoms with Crippen molar-refractivity contribution in [2.45, 2.75) is 20.3 Å². The minimum atomic E-state index is 0.777. The summed E-state index contributed by atoms with van der Waals surface area (Å²) in [7, 11) is 0. The van der Waals surface area contributed by atoms with Crippen molar-refractivity contribution in [1.29, 1.82) is 0 Å². The minimum Gasteiger partial charge on any atom is -0.280 e. The summed E-state index contributed by atoms with van der Waals surface area (Å²) < 4.78 is 2.02. The fourth-order valence-electron chi connectivity index (χ4n) is 2.99. The van der Waals surface area contributed by atoms with Gasteiger partial charge in [-0.1, -0.05) is 18.2 Å². The van der Waals surface area contributed by atoms with Crippen molar-refractivity contribution in [1.82, 2.24) is 14.4 Å².